The van der Waals surface area contributed by atoms with Crippen LogP contribution in [0.15, 0.2) is 41.1 Å². The average Bonchev–Trinajstić information content (AvgIpc) is 3.39. The summed E-state index contributed by atoms with van der Waals surface area (Å²) in [5, 5.41) is 7.25. The molecular formula is C21H24N4O3. The number of ether oxygens (including phenoxy) is 2. The number of pyridine rings is 1. The topological polar surface area (TPSA) is 82.3 Å². The average molecular weight is 380 g/mol. The monoisotopic (exact) mass is 380 g/mol. The van der Waals surface area contributed by atoms with Gasteiger partial charge in [-0.25, -0.2) is 4.98 Å². The molecule has 0 atom stereocenters. The molecule has 28 heavy (non-hydrogen) atoms. The van der Waals surface area contributed by atoms with Crippen LogP contribution in [0.25, 0.3) is 11.5 Å². The van der Waals surface area contributed by atoms with Crippen LogP contribution in [0.1, 0.15) is 37.1 Å². The number of rotatable bonds is 7. The maximum Gasteiger partial charge on any atom is 0.261 e. The van der Waals surface area contributed by atoms with Gasteiger partial charge in [0.2, 0.25) is 0 Å². The fraction of sp³-hybridized carbons (Fsp3) is 0.381. The molecule has 7 heteroatoms. The molecule has 1 aliphatic rings. The summed E-state index contributed by atoms with van der Waals surface area (Å²) in [7, 11) is 1.67. The lowest BCUT2D eigenvalue weighted by Gasteiger charge is -2.18. The molecule has 0 bridgehead atoms. The lowest BCUT2D eigenvalue weighted by atomic mass is 10.1. The van der Waals surface area contributed by atoms with Crippen LogP contribution < -0.4 is 14.8 Å². The smallest absolute Gasteiger partial charge is 0.261 e. The van der Waals surface area contributed by atoms with Crippen molar-refractivity contribution in [2.75, 3.05) is 12.4 Å². The Morgan fingerprint density at radius 3 is 2.82 bits per heavy atom. The van der Waals surface area contributed by atoms with E-state index in [-0.39, 0.29) is 6.10 Å². The van der Waals surface area contributed by atoms with Crippen LogP contribution in [0.2, 0.25) is 0 Å². The first-order valence-corrected chi connectivity index (χ1v) is 9.56. The van der Waals surface area contributed by atoms with Gasteiger partial charge in [-0.3, -0.25) is 0 Å². The van der Waals surface area contributed by atoms with Crippen molar-refractivity contribution in [3.05, 3.63) is 47.9 Å². The number of nitrogens with zero attached hydrogens (tertiary/aromatic N) is 3. The Hall–Kier alpha value is -3.09. The summed E-state index contributed by atoms with van der Waals surface area (Å²) in [5.74, 6) is 3.37. The van der Waals surface area contributed by atoms with E-state index >= 15 is 0 Å². The van der Waals surface area contributed by atoms with Gasteiger partial charge < -0.3 is 19.3 Å². The standard InChI is InChI=1S/C21H24N4O3/c1-14-24-21(28-25-14)18-8-5-11-22-20(18)23-13-15-9-10-17(26-2)12-19(15)27-16-6-3-4-7-16/h5,8-12,16H,3-4,6-7,13H2,1-2H3,(H,22,23). The van der Waals surface area contributed by atoms with E-state index in [0.29, 0.717) is 24.1 Å². The molecule has 7 nitrogen and oxygen atoms in total. The highest BCUT2D eigenvalue weighted by atomic mass is 16.5. The van der Waals surface area contributed by atoms with Gasteiger partial charge in [-0.2, -0.15) is 4.98 Å². The molecule has 2 aromatic heterocycles. The van der Waals surface area contributed by atoms with Crippen LogP contribution in [-0.2, 0) is 6.54 Å². The predicted molar refractivity (Wildman–Crippen MR) is 105 cm³/mol. The Bertz CT molecular complexity index is 935. The molecule has 1 aromatic carbocycles. The Balaban J connectivity index is 1.55. The summed E-state index contributed by atoms with van der Waals surface area (Å²) >= 11 is 0. The van der Waals surface area contributed by atoms with E-state index < -0.39 is 0 Å². The number of aromatic nitrogens is 3. The first kappa shape index (κ1) is 18.3. The minimum Gasteiger partial charge on any atom is -0.497 e. The second-order valence-corrected chi connectivity index (χ2v) is 6.90. The zero-order valence-electron chi connectivity index (χ0n) is 16.1. The Morgan fingerprint density at radius 2 is 2.07 bits per heavy atom. The molecule has 1 aliphatic carbocycles. The summed E-state index contributed by atoms with van der Waals surface area (Å²) in [6.45, 7) is 2.35. The van der Waals surface area contributed by atoms with E-state index in [1.54, 1.807) is 20.2 Å². The first-order chi connectivity index (χ1) is 13.7. The second-order valence-electron chi connectivity index (χ2n) is 6.90. The minimum atomic E-state index is 0.276. The van der Waals surface area contributed by atoms with E-state index in [4.69, 9.17) is 14.0 Å². The number of hydrogen-bond acceptors (Lipinski definition) is 7. The van der Waals surface area contributed by atoms with Crippen LogP contribution in [0.3, 0.4) is 0 Å². The maximum absolute atomic E-state index is 6.27. The van der Waals surface area contributed by atoms with Gasteiger partial charge in [0.15, 0.2) is 5.82 Å². The van der Waals surface area contributed by atoms with Gasteiger partial charge in [0, 0.05) is 24.4 Å². The third-order valence-corrected chi connectivity index (χ3v) is 4.88. The number of methoxy groups -OCH3 is 1. The van der Waals surface area contributed by atoms with Crippen molar-refractivity contribution in [2.45, 2.75) is 45.3 Å². The quantitative estimate of drug-likeness (QED) is 0.651. The molecule has 0 radical (unpaired) electrons. The van der Waals surface area contributed by atoms with Crippen LogP contribution in [0.5, 0.6) is 11.5 Å². The minimum absolute atomic E-state index is 0.276. The molecule has 2 heterocycles. The molecule has 1 saturated carbocycles. The van der Waals surface area contributed by atoms with E-state index in [9.17, 15) is 0 Å². The molecular weight excluding hydrogens is 356 g/mol. The van der Waals surface area contributed by atoms with Crippen molar-refractivity contribution in [3.8, 4) is 23.0 Å². The zero-order chi connectivity index (χ0) is 19.3. The number of benzene rings is 1. The molecule has 1 fully saturated rings. The molecule has 0 aliphatic heterocycles. The molecule has 0 amide bonds. The van der Waals surface area contributed by atoms with E-state index in [1.165, 1.54) is 12.8 Å². The molecule has 0 saturated heterocycles. The highest BCUT2D eigenvalue weighted by molar-refractivity contribution is 5.68. The van der Waals surface area contributed by atoms with Crippen molar-refractivity contribution in [1.29, 1.82) is 0 Å². The second kappa shape index (κ2) is 8.29. The largest absolute Gasteiger partial charge is 0.497 e. The highest BCUT2D eigenvalue weighted by Crippen LogP contribution is 2.31. The predicted octanol–water partition coefficient (Wildman–Crippen LogP) is 4.38. The van der Waals surface area contributed by atoms with Crippen molar-refractivity contribution >= 4 is 5.82 Å². The van der Waals surface area contributed by atoms with Crippen LogP contribution >= 0.6 is 0 Å². The third kappa shape index (κ3) is 4.08. The van der Waals surface area contributed by atoms with Gasteiger partial charge in [-0.1, -0.05) is 5.16 Å². The molecule has 4 rings (SSSR count). The van der Waals surface area contributed by atoms with Gasteiger partial charge in [0.25, 0.3) is 5.89 Å². The van der Waals surface area contributed by atoms with E-state index in [0.717, 1.165) is 35.5 Å². The zero-order valence-corrected chi connectivity index (χ0v) is 16.1. The summed E-state index contributed by atoms with van der Waals surface area (Å²) in [4.78, 5) is 8.75. The van der Waals surface area contributed by atoms with Crippen LogP contribution in [-0.4, -0.2) is 28.3 Å². The maximum atomic E-state index is 6.27. The van der Waals surface area contributed by atoms with Crippen molar-refractivity contribution in [3.63, 3.8) is 0 Å². The lowest BCUT2D eigenvalue weighted by molar-refractivity contribution is 0.207. The summed E-state index contributed by atoms with van der Waals surface area (Å²) in [5.41, 5.74) is 1.82. The molecule has 0 unspecified atom stereocenters. The van der Waals surface area contributed by atoms with E-state index in [1.807, 2.05) is 30.3 Å². The Morgan fingerprint density at radius 1 is 1.21 bits per heavy atom. The molecule has 146 valence electrons. The van der Waals surface area contributed by atoms with Crippen LogP contribution in [0, 0.1) is 6.92 Å². The van der Waals surface area contributed by atoms with E-state index in [2.05, 4.69) is 20.4 Å². The first-order valence-electron chi connectivity index (χ1n) is 9.56. The Kier molecular flexibility index (Phi) is 5.41. The normalized spacial score (nSPS) is 14.2. The van der Waals surface area contributed by atoms with Gasteiger partial charge in [0.1, 0.15) is 17.3 Å². The number of aryl methyl sites for hydroxylation is 1. The fourth-order valence-electron chi connectivity index (χ4n) is 3.41. The van der Waals surface area contributed by atoms with Gasteiger partial charge in [-0.05, 0) is 56.9 Å². The number of hydrogen-bond donors (Lipinski definition) is 1. The number of nitrogens with one attached hydrogen (secondary N) is 1. The highest BCUT2D eigenvalue weighted by Gasteiger charge is 2.19. The van der Waals surface area contributed by atoms with Crippen molar-refractivity contribution in [2.24, 2.45) is 0 Å². The molecule has 1 N–H and O–H groups in total. The van der Waals surface area contributed by atoms with Crippen molar-refractivity contribution in [1.82, 2.24) is 15.1 Å². The van der Waals surface area contributed by atoms with Crippen LogP contribution in [0.4, 0.5) is 5.82 Å². The summed E-state index contributed by atoms with van der Waals surface area (Å²) in [6, 6.07) is 9.68. The Labute approximate surface area is 164 Å². The number of anilines is 1. The van der Waals surface area contributed by atoms with Crippen molar-refractivity contribution < 1.29 is 14.0 Å². The molecule has 0 spiro atoms. The molecule has 3 aromatic rings. The summed E-state index contributed by atoms with van der Waals surface area (Å²) < 4.78 is 17.0. The van der Waals surface area contributed by atoms with Gasteiger partial charge >= 0.3 is 0 Å². The summed E-state index contributed by atoms with van der Waals surface area (Å²) in [6.07, 6.45) is 6.67. The van der Waals surface area contributed by atoms with Gasteiger partial charge in [-0.15, -0.1) is 0 Å². The third-order valence-electron chi connectivity index (χ3n) is 4.88. The lowest BCUT2D eigenvalue weighted by Crippen LogP contribution is -2.13. The van der Waals surface area contributed by atoms with Gasteiger partial charge in [0.05, 0.1) is 18.8 Å². The SMILES string of the molecule is COc1ccc(CNc2ncccc2-c2nc(C)no2)c(OC2CCCC2)c1. The fourth-order valence-corrected chi connectivity index (χ4v) is 3.41.